The Morgan fingerprint density at radius 2 is 2.00 bits per heavy atom. The molecule has 1 aliphatic rings. The van der Waals surface area contributed by atoms with Crippen molar-refractivity contribution in [3.05, 3.63) is 47.3 Å². The van der Waals surface area contributed by atoms with Gasteiger partial charge in [-0.15, -0.1) is 0 Å². The first-order valence-corrected chi connectivity index (χ1v) is 8.98. The van der Waals surface area contributed by atoms with Gasteiger partial charge in [-0.25, -0.2) is 0 Å². The molecule has 1 aromatic carbocycles. The maximum atomic E-state index is 13.0. The van der Waals surface area contributed by atoms with Crippen molar-refractivity contribution in [1.29, 1.82) is 0 Å². The van der Waals surface area contributed by atoms with Crippen LogP contribution in [-0.2, 0) is 11.2 Å². The minimum atomic E-state index is -0.993. The van der Waals surface area contributed by atoms with E-state index in [1.165, 1.54) is 0 Å². The van der Waals surface area contributed by atoms with Crippen LogP contribution in [-0.4, -0.2) is 50.9 Å². The highest BCUT2D eigenvalue weighted by atomic mass is 16.5. The maximum absolute atomic E-state index is 13.0. The molecule has 3 rings (SSSR count). The summed E-state index contributed by atoms with van der Waals surface area (Å²) in [6, 6.07) is 9.62. The van der Waals surface area contributed by atoms with E-state index in [2.05, 4.69) is 10.2 Å². The molecule has 1 fully saturated rings. The highest BCUT2D eigenvalue weighted by molar-refractivity contribution is 5.85. The molecule has 1 amide bonds. The Labute approximate surface area is 154 Å². The Hall–Kier alpha value is -2.34. The lowest BCUT2D eigenvalue weighted by molar-refractivity contribution is -0.144. The van der Waals surface area contributed by atoms with Gasteiger partial charge in [-0.05, 0) is 52.3 Å². The van der Waals surface area contributed by atoms with Crippen molar-refractivity contribution in [2.24, 2.45) is 5.92 Å². The first kappa shape index (κ1) is 18.5. The van der Waals surface area contributed by atoms with Crippen LogP contribution in [0.4, 0.5) is 0 Å². The van der Waals surface area contributed by atoms with Gasteiger partial charge in [0.2, 0.25) is 0 Å². The molecule has 140 valence electrons. The average molecular weight is 357 g/mol. The Balaban J connectivity index is 1.64. The summed E-state index contributed by atoms with van der Waals surface area (Å²) >= 11 is 0. The summed E-state index contributed by atoms with van der Waals surface area (Å²) in [5, 5.41) is 17.5. The molecule has 6 heteroatoms. The quantitative estimate of drug-likeness (QED) is 0.860. The molecule has 0 spiro atoms. The number of ether oxygens (including phenoxy) is 1. The highest BCUT2D eigenvalue weighted by Crippen LogP contribution is 2.26. The third kappa shape index (κ3) is 4.07. The fourth-order valence-corrected chi connectivity index (χ4v) is 3.39. The largest absolute Gasteiger partial charge is 0.478 e. The van der Waals surface area contributed by atoms with E-state index >= 15 is 0 Å². The number of aliphatic hydroxyl groups is 1. The van der Waals surface area contributed by atoms with Crippen molar-refractivity contribution < 1.29 is 14.6 Å². The number of aliphatic hydroxyl groups excluding tert-OH is 1. The normalized spacial score (nSPS) is 20.4. The molecule has 1 aliphatic heterocycles. The fraction of sp³-hybridized carbons (Fsp3) is 0.500. The van der Waals surface area contributed by atoms with Crippen molar-refractivity contribution in [3.63, 3.8) is 0 Å². The molecule has 2 N–H and O–H groups in total. The molecule has 2 aromatic rings. The van der Waals surface area contributed by atoms with Gasteiger partial charge < -0.3 is 14.7 Å². The van der Waals surface area contributed by atoms with E-state index in [-0.39, 0.29) is 11.8 Å². The Bertz CT molecular complexity index is 767. The van der Waals surface area contributed by atoms with E-state index in [0.717, 1.165) is 17.0 Å². The lowest BCUT2D eigenvalue weighted by atomic mass is 10.00. The van der Waals surface area contributed by atoms with Crippen LogP contribution in [0, 0.1) is 19.8 Å². The number of nitrogens with zero attached hydrogens (tertiary/aromatic N) is 2. The van der Waals surface area contributed by atoms with E-state index in [1.807, 2.05) is 44.2 Å². The van der Waals surface area contributed by atoms with E-state index in [0.29, 0.717) is 25.3 Å². The van der Waals surface area contributed by atoms with Gasteiger partial charge in [0, 0.05) is 24.7 Å². The lowest BCUT2D eigenvalue weighted by Gasteiger charge is -2.30. The third-order valence-electron chi connectivity index (χ3n) is 4.83. The first-order valence-electron chi connectivity index (χ1n) is 8.98. The van der Waals surface area contributed by atoms with Crippen LogP contribution in [0.5, 0.6) is 5.75 Å². The number of aromatic nitrogens is 2. The molecule has 6 nitrogen and oxygen atoms in total. The number of hydrogen-bond acceptors (Lipinski definition) is 4. The van der Waals surface area contributed by atoms with E-state index < -0.39 is 11.7 Å². The minimum absolute atomic E-state index is 0.0168. The highest BCUT2D eigenvalue weighted by Gasteiger charge is 2.41. The molecule has 0 bridgehead atoms. The molecule has 26 heavy (non-hydrogen) atoms. The van der Waals surface area contributed by atoms with Crippen LogP contribution in [0.1, 0.15) is 30.8 Å². The summed E-state index contributed by atoms with van der Waals surface area (Å²) < 4.78 is 5.93. The fourth-order valence-electron chi connectivity index (χ4n) is 3.39. The molecule has 0 aliphatic carbocycles. The molecular formula is C20H27N3O3. The summed E-state index contributed by atoms with van der Waals surface area (Å²) in [5.41, 5.74) is 2.05. The van der Waals surface area contributed by atoms with Crippen molar-refractivity contribution in [2.75, 3.05) is 13.1 Å². The van der Waals surface area contributed by atoms with Crippen molar-refractivity contribution in [1.82, 2.24) is 15.1 Å². The first-order chi connectivity index (χ1) is 12.2. The predicted molar refractivity (Wildman–Crippen MR) is 99.0 cm³/mol. The monoisotopic (exact) mass is 357 g/mol. The second-order valence-electron chi connectivity index (χ2n) is 7.71. The van der Waals surface area contributed by atoms with Crippen LogP contribution in [0.2, 0.25) is 0 Å². The summed E-state index contributed by atoms with van der Waals surface area (Å²) in [6.45, 7) is 8.33. The number of amides is 1. The standard InChI is InChI=1S/C20H27N3O3/c1-13-5-7-17(8-6-13)26-20(3,4)19(25)23-11-15(18(24)12-23)10-16-9-14(2)21-22-16/h5-9,15,18,24H,10-12H2,1-4H3,(H,21,22)/t15-,18-/m1/s1. The summed E-state index contributed by atoms with van der Waals surface area (Å²) in [4.78, 5) is 14.7. The van der Waals surface area contributed by atoms with Crippen molar-refractivity contribution in [2.45, 2.75) is 45.8 Å². The molecule has 0 unspecified atom stereocenters. The van der Waals surface area contributed by atoms with E-state index in [1.54, 1.807) is 18.7 Å². The third-order valence-corrected chi connectivity index (χ3v) is 4.83. The molecule has 0 radical (unpaired) electrons. The number of carbonyl (C=O) groups is 1. The van der Waals surface area contributed by atoms with Gasteiger partial charge in [-0.1, -0.05) is 17.7 Å². The number of carbonyl (C=O) groups excluding carboxylic acids is 1. The Kier molecular flexibility index (Phi) is 5.05. The molecule has 2 heterocycles. The van der Waals surface area contributed by atoms with Gasteiger partial charge >= 0.3 is 0 Å². The van der Waals surface area contributed by atoms with E-state index in [4.69, 9.17) is 4.74 Å². The predicted octanol–water partition coefficient (Wildman–Crippen LogP) is 2.25. The lowest BCUT2D eigenvalue weighted by Crippen LogP contribution is -2.48. The van der Waals surface area contributed by atoms with Crippen LogP contribution >= 0.6 is 0 Å². The molecule has 1 saturated heterocycles. The number of hydrogen-bond donors (Lipinski definition) is 2. The number of β-amino-alcohol motifs (C(OH)–C–C–N with tert-alkyl or cyclic N) is 1. The van der Waals surface area contributed by atoms with Gasteiger partial charge in [0.05, 0.1) is 11.8 Å². The zero-order chi connectivity index (χ0) is 18.9. The molecule has 2 atom stereocenters. The second kappa shape index (κ2) is 7.11. The molecule has 0 saturated carbocycles. The van der Waals surface area contributed by atoms with Gasteiger partial charge in [-0.2, -0.15) is 5.10 Å². The van der Waals surface area contributed by atoms with Crippen LogP contribution in [0.15, 0.2) is 30.3 Å². The van der Waals surface area contributed by atoms with Crippen molar-refractivity contribution in [3.8, 4) is 5.75 Å². The number of aryl methyl sites for hydroxylation is 2. The number of aromatic amines is 1. The van der Waals surface area contributed by atoms with Crippen LogP contribution < -0.4 is 4.74 Å². The number of rotatable bonds is 5. The average Bonchev–Trinajstić information content (AvgIpc) is 3.15. The topological polar surface area (TPSA) is 78.5 Å². The Morgan fingerprint density at radius 3 is 2.62 bits per heavy atom. The zero-order valence-corrected chi connectivity index (χ0v) is 15.8. The SMILES string of the molecule is Cc1ccc(OC(C)(C)C(=O)N2C[C@@H](Cc3cc(C)[nH]n3)[C@H](O)C2)cc1. The number of H-pyrrole nitrogens is 1. The Morgan fingerprint density at radius 1 is 1.31 bits per heavy atom. The smallest absolute Gasteiger partial charge is 0.266 e. The second-order valence-corrected chi connectivity index (χ2v) is 7.71. The van der Waals surface area contributed by atoms with Gasteiger partial charge in [-0.3, -0.25) is 9.89 Å². The van der Waals surface area contributed by atoms with Gasteiger partial charge in [0.25, 0.3) is 5.91 Å². The number of nitrogens with one attached hydrogen (secondary N) is 1. The summed E-state index contributed by atoms with van der Waals surface area (Å²) in [6.07, 6.45) is 0.0975. The van der Waals surface area contributed by atoms with Crippen molar-refractivity contribution >= 4 is 5.91 Å². The van der Waals surface area contributed by atoms with E-state index in [9.17, 15) is 9.90 Å². The molecule has 1 aromatic heterocycles. The maximum Gasteiger partial charge on any atom is 0.266 e. The number of likely N-dealkylation sites (tertiary alicyclic amines) is 1. The summed E-state index contributed by atoms with van der Waals surface area (Å²) in [5.74, 6) is 0.534. The van der Waals surface area contributed by atoms with Gasteiger partial charge in [0.15, 0.2) is 5.60 Å². The van der Waals surface area contributed by atoms with Gasteiger partial charge in [0.1, 0.15) is 5.75 Å². The zero-order valence-electron chi connectivity index (χ0n) is 15.8. The minimum Gasteiger partial charge on any atom is -0.478 e. The van der Waals surface area contributed by atoms with Crippen LogP contribution in [0.3, 0.4) is 0 Å². The summed E-state index contributed by atoms with van der Waals surface area (Å²) in [7, 11) is 0. The van der Waals surface area contributed by atoms with Crippen LogP contribution in [0.25, 0.3) is 0 Å². The molecular weight excluding hydrogens is 330 g/mol. The number of benzene rings is 1.